The first-order chi connectivity index (χ1) is 17.7. The Kier molecular flexibility index (Phi) is 9.25. The second kappa shape index (κ2) is 12.2. The number of fused-ring (bicyclic) bond motifs is 1. The topological polar surface area (TPSA) is 45.1 Å². The van der Waals surface area contributed by atoms with E-state index in [4.69, 9.17) is 56.2 Å². The van der Waals surface area contributed by atoms with Crippen LogP contribution in [0.1, 0.15) is 44.4 Å². The average Bonchev–Trinajstić information content (AvgIpc) is 3.21. The van der Waals surface area contributed by atoms with Crippen molar-refractivity contribution in [1.82, 2.24) is 9.91 Å². The number of halogens is 4. The zero-order valence-electron chi connectivity index (χ0n) is 21.0. The molecule has 2 aliphatic heterocycles. The summed E-state index contributed by atoms with van der Waals surface area (Å²) in [5.41, 5.74) is 4.46. The number of nitrogens with zero attached hydrogens (tertiary/aromatic N) is 3. The van der Waals surface area contributed by atoms with Crippen LogP contribution in [0.2, 0.25) is 20.1 Å². The highest BCUT2D eigenvalue weighted by atomic mass is 35.5. The Labute approximate surface area is 238 Å². The van der Waals surface area contributed by atoms with Crippen molar-refractivity contribution in [3.05, 3.63) is 85.0 Å². The molecule has 2 aliphatic rings. The van der Waals surface area contributed by atoms with Gasteiger partial charge in [0.15, 0.2) is 0 Å². The third-order valence-corrected chi connectivity index (χ3v) is 7.60. The number of esters is 1. The zero-order chi connectivity index (χ0) is 26.7. The van der Waals surface area contributed by atoms with Gasteiger partial charge in [0.2, 0.25) is 0 Å². The highest BCUT2D eigenvalue weighted by Gasteiger charge is 2.44. The summed E-state index contributed by atoms with van der Waals surface area (Å²) in [7, 11) is 0. The fourth-order valence-electron chi connectivity index (χ4n) is 4.95. The first-order valence-electron chi connectivity index (χ1n) is 12.3. The Hall–Kier alpha value is -2.02. The Balaban J connectivity index is 1.85. The minimum atomic E-state index is -0.410. The lowest BCUT2D eigenvalue weighted by Gasteiger charge is -2.36. The van der Waals surface area contributed by atoms with Crippen molar-refractivity contribution in [3.8, 4) is 0 Å². The van der Waals surface area contributed by atoms with E-state index in [0.29, 0.717) is 32.4 Å². The van der Waals surface area contributed by atoms with Crippen molar-refractivity contribution >= 4 is 64.2 Å². The predicted octanol–water partition coefficient (Wildman–Crippen LogP) is 7.91. The van der Waals surface area contributed by atoms with Crippen LogP contribution in [-0.2, 0) is 9.53 Å². The van der Waals surface area contributed by atoms with E-state index in [-0.39, 0.29) is 12.0 Å². The Morgan fingerprint density at radius 3 is 2.43 bits per heavy atom. The molecule has 196 valence electrons. The molecule has 0 aromatic heterocycles. The summed E-state index contributed by atoms with van der Waals surface area (Å²) in [4.78, 5) is 14.7. The minimum Gasteiger partial charge on any atom is -0.463 e. The van der Waals surface area contributed by atoms with Crippen LogP contribution in [0.5, 0.6) is 0 Å². The van der Waals surface area contributed by atoms with Crippen molar-refractivity contribution in [1.29, 1.82) is 0 Å². The molecule has 0 aliphatic carbocycles. The van der Waals surface area contributed by atoms with E-state index in [2.05, 4.69) is 17.9 Å². The molecule has 2 atom stereocenters. The van der Waals surface area contributed by atoms with Crippen LogP contribution in [0.3, 0.4) is 0 Å². The molecule has 5 nitrogen and oxygen atoms in total. The van der Waals surface area contributed by atoms with Crippen molar-refractivity contribution < 1.29 is 9.53 Å². The Bertz CT molecular complexity index is 1270. The van der Waals surface area contributed by atoms with E-state index in [0.717, 1.165) is 48.5 Å². The molecule has 2 heterocycles. The van der Waals surface area contributed by atoms with Crippen molar-refractivity contribution in [2.75, 3.05) is 26.2 Å². The SMILES string of the molecule is CCCN1C/C(=C\c2ccc(Cl)cc2Cl)C2=NN(/C(C)=C/C(=O)OCC)[C@H](c3ccc(Cl)cc3Cl)[C@@H]2C1. The maximum atomic E-state index is 12.3. The first kappa shape index (κ1) is 28.0. The van der Waals surface area contributed by atoms with Crippen LogP contribution in [0.25, 0.3) is 6.08 Å². The Morgan fingerprint density at radius 2 is 1.78 bits per heavy atom. The van der Waals surface area contributed by atoms with Crippen LogP contribution in [0, 0.1) is 5.92 Å². The lowest BCUT2D eigenvalue weighted by Crippen LogP contribution is -2.44. The number of carbonyl (C=O) groups excluding carboxylic acids is 1. The third kappa shape index (κ3) is 6.35. The largest absolute Gasteiger partial charge is 0.463 e. The lowest BCUT2D eigenvalue weighted by atomic mass is 9.83. The van der Waals surface area contributed by atoms with Gasteiger partial charge >= 0.3 is 5.97 Å². The second-order valence-corrected chi connectivity index (χ2v) is 10.8. The van der Waals surface area contributed by atoms with Gasteiger partial charge in [-0.25, -0.2) is 4.79 Å². The monoisotopic (exact) mass is 579 g/mol. The maximum absolute atomic E-state index is 12.3. The summed E-state index contributed by atoms with van der Waals surface area (Å²) in [6.07, 6.45) is 4.58. The summed E-state index contributed by atoms with van der Waals surface area (Å²) in [5, 5.41) is 9.25. The van der Waals surface area contributed by atoms with Crippen LogP contribution in [0.15, 0.2) is 58.8 Å². The van der Waals surface area contributed by atoms with Gasteiger partial charge in [-0.15, -0.1) is 0 Å². The number of piperidine rings is 1. The number of carbonyl (C=O) groups is 1. The number of hydrazone groups is 1. The summed E-state index contributed by atoms with van der Waals surface area (Å²) < 4.78 is 5.16. The fourth-order valence-corrected chi connectivity index (χ4v) is 5.93. The number of hydrogen-bond donors (Lipinski definition) is 0. The molecule has 0 amide bonds. The van der Waals surface area contributed by atoms with Crippen molar-refractivity contribution in [3.63, 3.8) is 0 Å². The van der Waals surface area contributed by atoms with Gasteiger partial charge in [-0.3, -0.25) is 9.91 Å². The number of likely N-dealkylation sites (tertiary alicyclic amines) is 1. The average molecular weight is 581 g/mol. The Morgan fingerprint density at radius 1 is 1.08 bits per heavy atom. The number of rotatable bonds is 7. The molecule has 0 spiro atoms. The van der Waals surface area contributed by atoms with Crippen molar-refractivity contribution in [2.24, 2.45) is 11.0 Å². The molecule has 1 fully saturated rings. The van der Waals surface area contributed by atoms with E-state index in [1.165, 1.54) is 6.08 Å². The normalized spacial score (nSPS) is 21.3. The van der Waals surface area contributed by atoms with E-state index in [1.807, 2.05) is 36.2 Å². The highest BCUT2D eigenvalue weighted by Crippen LogP contribution is 2.45. The third-order valence-electron chi connectivity index (χ3n) is 6.48. The minimum absolute atomic E-state index is 0.00171. The van der Waals surface area contributed by atoms with Gasteiger partial charge in [0.25, 0.3) is 0 Å². The smallest absolute Gasteiger partial charge is 0.332 e. The molecule has 0 saturated carbocycles. The molecular weight excluding hydrogens is 552 g/mol. The molecule has 2 aromatic carbocycles. The lowest BCUT2D eigenvalue weighted by molar-refractivity contribution is -0.137. The molecule has 0 bridgehead atoms. The molecule has 2 aromatic rings. The zero-order valence-corrected chi connectivity index (χ0v) is 24.0. The van der Waals surface area contributed by atoms with Gasteiger partial charge in [-0.1, -0.05) is 65.5 Å². The number of allylic oxidation sites excluding steroid dienone is 1. The number of ether oxygens (including phenoxy) is 1. The van der Waals surface area contributed by atoms with Crippen molar-refractivity contribution in [2.45, 2.75) is 33.2 Å². The first-order valence-corrected chi connectivity index (χ1v) is 13.8. The van der Waals surface area contributed by atoms with E-state index >= 15 is 0 Å². The molecule has 4 rings (SSSR count). The predicted molar refractivity (Wildman–Crippen MR) is 154 cm³/mol. The molecule has 37 heavy (non-hydrogen) atoms. The van der Waals surface area contributed by atoms with Gasteiger partial charge in [0.05, 0.1) is 18.4 Å². The number of hydrogen-bond acceptors (Lipinski definition) is 5. The molecule has 0 unspecified atom stereocenters. The van der Waals surface area contributed by atoms with Crippen LogP contribution >= 0.6 is 46.4 Å². The molecule has 0 N–H and O–H groups in total. The highest BCUT2D eigenvalue weighted by molar-refractivity contribution is 6.36. The standard InChI is InChI=1S/C28H29Cl4N3O2/c1-4-10-34-15-19(12-18-6-7-20(29)13-24(18)31)27-23(16-34)28(22-9-8-21(30)14-25(22)32)35(33-27)17(3)11-26(36)37-5-2/h6-9,11-14,23,28H,4-5,10,15-16H2,1-3H3/b17-11+,19-12+/t23-,28-/m1/s1. The van der Waals surface area contributed by atoms with Crippen LogP contribution < -0.4 is 0 Å². The summed E-state index contributed by atoms with van der Waals surface area (Å²) in [6, 6.07) is 10.8. The summed E-state index contributed by atoms with van der Waals surface area (Å²) in [5.74, 6) is -0.408. The summed E-state index contributed by atoms with van der Waals surface area (Å²) >= 11 is 25.6. The van der Waals surface area contributed by atoms with Gasteiger partial charge < -0.3 is 4.74 Å². The van der Waals surface area contributed by atoms with Gasteiger partial charge in [-0.05, 0) is 73.9 Å². The molecular formula is C28H29Cl4N3O2. The fraction of sp³-hybridized carbons (Fsp3) is 0.357. The molecule has 9 heteroatoms. The van der Waals surface area contributed by atoms with E-state index < -0.39 is 5.97 Å². The summed E-state index contributed by atoms with van der Waals surface area (Å²) in [6.45, 7) is 8.58. The van der Waals surface area contributed by atoms with Gasteiger partial charge in [0.1, 0.15) is 0 Å². The van der Waals surface area contributed by atoms with E-state index in [1.54, 1.807) is 19.1 Å². The maximum Gasteiger partial charge on any atom is 0.332 e. The molecule has 1 saturated heterocycles. The van der Waals surface area contributed by atoms with Gasteiger partial charge in [0, 0.05) is 50.9 Å². The van der Waals surface area contributed by atoms with Crippen LogP contribution in [-0.4, -0.2) is 47.8 Å². The number of benzene rings is 2. The molecule has 0 radical (unpaired) electrons. The second-order valence-electron chi connectivity index (χ2n) is 9.16. The van der Waals surface area contributed by atoms with Gasteiger partial charge in [-0.2, -0.15) is 5.10 Å². The quantitative estimate of drug-likeness (QED) is 0.246. The van der Waals surface area contributed by atoms with E-state index in [9.17, 15) is 4.79 Å². The van der Waals surface area contributed by atoms with Crippen LogP contribution in [0.4, 0.5) is 0 Å².